The Morgan fingerprint density at radius 3 is 2.37 bits per heavy atom. The first kappa shape index (κ1) is 26.9. The first-order chi connectivity index (χ1) is 18.0. The standard InChI is InChI=1S/C29H27F4N3O2/c1-5-29(32,33)20-10-7-11-21(15-20)35-27(37)25-18(4)34-26(36-25)19-12-13-23(38-28(30)31)22(14-19)24-16(2)8-6-9-17(24)3/h6-15,28H,5H2,1-4H3,(H,34,36)(H,35,37). The fourth-order valence-corrected chi connectivity index (χ4v) is 4.35. The van der Waals surface area contributed by atoms with Crippen LogP contribution < -0.4 is 10.1 Å². The Kier molecular flexibility index (Phi) is 7.57. The Balaban J connectivity index is 1.69. The number of nitrogens with one attached hydrogen (secondary N) is 2. The van der Waals surface area contributed by atoms with Crippen molar-refractivity contribution in [1.29, 1.82) is 0 Å². The minimum atomic E-state index is -3.01. The first-order valence-electron chi connectivity index (χ1n) is 12.0. The van der Waals surface area contributed by atoms with Gasteiger partial charge in [0.2, 0.25) is 0 Å². The van der Waals surface area contributed by atoms with E-state index in [0.717, 1.165) is 16.7 Å². The van der Waals surface area contributed by atoms with E-state index in [2.05, 4.69) is 15.3 Å². The molecule has 1 amide bonds. The van der Waals surface area contributed by atoms with E-state index >= 15 is 0 Å². The molecule has 198 valence electrons. The van der Waals surface area contributed by atoms with E-state index in [9.17, 15) is 22.4 Å². The second-order valence-corrected chi connectivity index (χ2v) is 9.01. The number of aromatic amines is 1. The van der Waals surface area contributed by atoms with Crippen LogP contribution in [0.15, 0.2) is 60.7 Å². The molecule has 0 bridgehead atoms. The molecule has 38 heavy (non-hydrogen) atoms. The summed E-state index contributed by atoms with van der Waals surface area (Å²) in [4.78, 5) is 20.5. The summed E-state index contributed by atoms with van der Waals surface area (Å²) in [7, 11) is 0. The molecule has 0 aliphatic carbocycles. The van der Waals surface area contributed by atoms with E-state index in [1.54, 1.807) is 19.1 Å². The van der Waals surface area contributed by atoms with E-state index in [4.69, 9.17) is 4.74 Å². The maximum Gasteiger partial charge on any atom is 0.387 e. The molecule has 0 spiro atoms. The fraction of sp³-hybridized carbons (Fsp3) is 0.241. The highest BCUT2D eigenvalue weighted by atomic mass is 19.3. The summed E-state index contributed by atoms with van der Waals surface area (Å²) in [6, 6.07) is 15.9. The molecule has 0 radical (unpaired) electrons. The van der Waals surface area contributed by atoms with Gasteiger partial charge in [-0.15, -0.1) is 0 Å². The maximum atomic E-state index is 14.1. The zero-order chi connectivity index (χ0) is 27.6. The van der Waals surface area contributed by atoms with Gasteiger partial charge in [0.1, 0.15) is 17.3 Å². The third kappa shape index (κ3) is 5.56. The van der Waals surface area contributed by atoms with Crippen molar-refractivity contribution >= 4 is 11.6 Å². The number of amides is 1. The van der Waals surface area contributed by atoms with Gasteiger partial charge in [0, 0.05) is 34.5 Å². The molecule has 0 aliphatic rings. The predicted molar refractivity (Wildman–Crippen MR) is 139 cm³/mol. The lowest BCUT2D eigenvalue weighted by Gasteiger charge is -2.16. The Labute approximate surface area is 217 Å². The molecule has 0 saturated heterocycles. The van der Waals surface area contributed by atoms with Crippen LogP contribution in [-0.4, -0.2) is 22.5 Å². The Morgan fingerprint density at radius 2 is 1.71 bits per heavy atom. The van der Waals surface area contributed by atoms with Crippen molar-refractivity contribution in [3.05, 3.63) is 88.7 Å². The highest BCUT2D eigenvalue weighted by Gasteiger charge is 2.29. The molecule has 0 saturated carbocycles. The smallest absolute Gasteiger partial charge is 0.387 e. The quantitative estimate of drug-likeness (QED) is 0.229. The van der Waals surface area contributed by atoms with Crippen LogP contribution in [0.4, 0.5) is 23.2 Å². The number of carbonyl (C=O) groups excluding carboxylic acids is 1. The number of alkyl halides is 4. The van der Waals surface area contributed by atoms with Crippen LogP contribution in [0.3, 0.4) is 0 Å². The van der Waals surface area contributed by atoms with Gasteiger partial charge < -0.3 is 15.0 Å². The van der Waals surface area contributed by atoms with Crippen molar-refractivity contribution in [1.82, 2.24) is 9.97 Å². The molecule has 0 aliphatic heterocycles. The number of halogens is 4. The molecule has 4 rings (SSSR count). The summed E-state index contributed by atoms with van der Waals surface area (Å²) < 4.78 is 59.3. The maximum absolute atomic E-state index is 14.1. The number of H-pyrrole nitrogens is 1. The lowest BCUT2D eigenvalue weighted by molar-refractivity contribution is -0.0494. The third-order valence-corrected chi connectivity index (χ3v) is 6.31. The lowest BCUT2D eigenvalue weighted by atomic mass is 9.93. The molecule has 3 aromatic carbocycles. The van der Waals surface area contributed by atoms with Crippen molar-refractivity contribution in [3.63, 3.8) is 0 Å². The average Bonchev–Trinajstić information content (AvgIpc) is 3.26. The molecular formula is C29H27F4N3O2. The summed E-state index contributed by atoms with van der Waals surface area (Å²) in [5, 5.41) is 2.63. The number of aromatic nitrogens is 2. The van der Waals surface area contributed by atoms with Crippen LogP contribution in [0.2, 0.25) is 0 Å². The molecule has 4 aromatic rings. The van der Waals surface area contributed by atoms with Crippen molar-refractivity contribution in [2.24, 2.45) is 0 Å². The number of benzene rings is 3. The highest BCUT2D eigenvalue weighted by molar-refractivity contribution is 6.04. The van der Waals surface area contributed by atoms with Gasteiger partial charge in [0.05, 0.1) is 0 Å². The van der Waals surface area contributed by atoms with E-state index in [1.807, 2.05) is 32.0 Å². The van der Waals surface area contributed by atoms with Crippen molar-refractivity contribution in [2.45, 2.75) is 46.6 Å². The van der Waals surface area contributed by atoms with Crippen LogP contribution >= 0.6 is 0 Å². The van der Waals surface area contributed by atoms with E-state index < -0.39 is 18.4 Å². The summed E-state index contributed by atoms with van der Waals surface area (Å²) in [6.07, 6.45) is -0.364. The van der Waals surface area contributed by atoms with Crippen LogP contribution in [0.5, 0.6) is 5.75 Å². The van der Waals surface area contributed by atoms with E-state index in [-0.39, 0.29) is 29.1 Å². The Morgan fingerprint density at radius 1 is 1.03 bits per heavy atom. The fourth-order valence-electron chi connectivity index (χ4n) is 4.35. The van der Waals surface area contributed by atoms with Crippen LogP contribution in [-0.2, 0) is 5.92 Å². The molecular weight excluding hydrogens is 498 g/mol. The normalized spacial score (nSPS) is 11.6. The summed E-state index contributed by atoms with van der Waals surface area (Å²) in [5.41, 5.74) is 4.10. The number of carbonyl (C=O) groups is 1. The van der Waals surface area contributed by atoms with Gasteiger partial charge in [-0.25, -0.2) is 13.8 Å². The van der Waals surface area contributed by atoms with Gasteiger partial charge in [0.15, 0.2) is 0 Å². The minimum Gasteiger partial charge on any atom is -0.434 e. The monoisotopic (exact) mass is 525 g/mol. The second kappa shape index (κ2) is 10.7. The summed E-state index contributed by atoms with van der Waals surface area (Å²) in [5.74, 6) is -3.22. The predicted octanol–water partition coefficient (Wildman–Crippen LogP) is 8.02. The van der Waals surface area contributed by atoms with Crippen LogP contribution in [0, 0.1) is 20.8 Å². The number of aryl methyl sites for hydroxylation is 3. The van der Waals surface area contributed by atoms with Gasteiger partial charge in [-0.2, -0.15) is 8.78 Å². The number of anilines is 1. The highest BCUT2D eigenvalue weighted by Crippen LogP contribution is 2.38. The van der Waals surface area contributed by atoms with Gasteiger partial charge in [-0.3, -0.25) is 4.79 Å². The Bertz CT molecular complexity index is 1460. The zero-order valence-corrected chi connectivity index (χ0v) is 21.3. The molecule has 2 N–H and O–H groups in total. The van der Waals surface area contributed by atoms with E-state index in [0.29, 0.717) is 22.6 Å². The van der Waals surface area contributed by atoms with Gasteiger partial charge in [-0.05, 0) is 67.8 Å². The lowest BCUT2D eigenvalue weighted by Crippen LogP contribution is -2.15. The largest absolute Gasteiger partial charge is 0.434 e. The molecule has 0 atom stereocenters. The van der Waals surface area contributed by atoms with Crippen molar-refractivity contribution < 1.29 is 27.1 Å². The van der Waals surface area contributed by atoms with Crippen LogP contribution in [0.25, 0.3) is 22.5 Å². The average molecular weight is 526 g/mol. The van der Waals surface area contributed by atoms with Crippen molar-refractivity contribution in [3.8, 4) is 28.3 Å². The molecule has 0 unspecified atom stereocenters. The number of imidazole rings is 1. The number of rotatable bonds is 8. The number of hydrogen-bond donors (Lipinski definition) is 2. The molecule has 9 heteroatoms. The van der Waals surface area contributed by atoms with Crippen LogP contribution in [0.1, 0.15) is 46.2 Å². The molecule has 5 nitrogen and oxygen atoms in total. The summed E-state index contributed by atoms with van der Waals surface area (Å²) in [6.45, 7) is 3.81. The molecule has 0 fully saturated rings. The van der Waals surface area contributed by atoms with Gasteiger partial charge >= 0.3 is 6.61 Å². The number of ether oxygens (including phenoxy) is 1. The van der Waals surface area contributed by atoms with E-state index in [1.165, 1.54) is 37.3 Å². The summed E-state index contributed by atoms with van der Waals surface area (Å²) >= 11 is 0. The van der Waals surface area contributed by atoms with Crippen molar-refractivity contribution in [2.75, 3.05) is 5.32 Å². The SMILES string of the molecule is CCC(F)(F)c1cccc(NC(=O)c2nc(-c3ccc(OC(F)F)c(-c4c(C)cccc4C)c3)[nH]c2C)c1. The zero-order valence-electron chi connectivity index (χ0n) is 21.3. The minimum absolute atomic E-state index is 0.0196. The second-order valence-electron chi connectivity index (χ2n) is 9.01. The number of nitrogens with zero attached hydrogens (tertiary/aromatic N) is 1. The third-order valence-electron chi connectivity index (χ3n) is 6.31. The Hall–Kier alpha value is -4.14. The number of hydrogen-bond acceptors (Lipinski definition) is 3. The van der Waals surface area contributed by atoms with Gasteiger partial charge in [0.25, 0.3) is 11.8 Å². The molecule has 1 heterocycles. The first-order valence-corrected chi connectivity index (χ1v) is 12.0. The molecule has 1 aromatic heterocycles. The topological polar surface area (TPSA) is 67.0 Å². The van der Waals surface area contributed by atoms with Gasteiger partial charge in [-0.1, -0.05) is 37.3 Å².